The number of carbonyl (C=O) groups is 1. The largest absolute Gasteiger partial charge is 0.434 e. The molecular formula is C8H5BrF2O2. The van der Waals surface area contributed by atoms with Gasteiger partial charge >= 0.3 is 6.61 Å². The molecule has 13 heavy (non-hydrogen) atoms. The van der Waals surface area contributed by atoms with Gasteiger partial charge < -0.3 is 4.74 Å². The monoisotopic (exact) mass is 250 g/mol. The van der Waals surface area contributed by atoms with Crippen LogP contribution < -0.4 is 4.74 Å². The van der Waals surface area contributed by atoms with Gasteiger partial charge in [0.05, 0.1) is 4.47 Å². The predicted octanol–water partition coefficient (Wildman–Crippen LogP) is 2.86. The molecule has 0 atom stereocenters. The van der Waals surface area contributed by atoms with E-state index >= 15 is 0 Å². The Morgan fingerprint density at radius 1 is 1.46 bits per heavy atom. The topological polar surface area (TPSA) is 26.3 Å². The summed E-state index contributed by atoms with van der Waals surface area (Å²) in [7, 11) is 0. The second kappa shape index (κ2) is 4.32. The standard InChI is InChI=1S/C8H5BrF2O2/c9-7-5(4-12)2-1-3-6(7)13-8(10)11/h1-4,8H. The summed E-state index contributed by atoms with van der Waals surface area (Å²) in [5.74, 6) is -0.0420. The van der Waals surface area contributed by atoms with Crippen LogP contribution in [0.5, 0.6) is 5.75 Å². The zero-order valence-corrected chi connectivity index (χ0v) is 7.92. The van der Waals surface area contributed by atoms with Crippen LogP contribution in [0.15, 0.2) is 22.7 Å². The minimum absolute atomic E-state index is 0.0420. The van der Waals surface area contributed by atoms with E-state index in [1.54, 1.807) is 0 Å². The highest BCUT2D eigenvalue weighted by Gasteiger charge is 2.10. The Labute approximate surface area is 81.6 Å². The van der Waals surface area contributed by atoms with Crippen molar-refractivity contribution >= 4 is 22.2 Å². The number of ether oxygens (including phenoxy) is 1. The van der Waals surface area contributed by atoms with Crippen LogP contribution in [0.25, 0.3) is 0 Å². The average Bonchev–Trinajstić information content (AvgIpc) is 2.08. The molecule has 1 aromatic carbocycles. The van der Waals surface area contributed by atoms with Crippen LogP contribution in [0.3, 0.4) is 0 Å². The number of alkyl halides is 2. The molecule has 1 rings (SSSR count). The Morgan fingerprint density at radius 3 is 2.69 bits per heavy atom. The normalized spacial score (nSPS) is 10.2. The Morgan fingerprint density at radius 2 is 2.15 bits per heavy atom. The van der Waals surface area contributed by atoms with Crippen LogP contribution in [0.2, 0.25) is 0 Å². The predicted molar refractivity (Wildman–Crippen MR) is 46.2 cm³/mol. The highest BCUT2D eigenvalue weighted by Crippen LogP contribution is 2.28. The lowest BCUT2D eigenvalue weighted by molar-refractivity contribution is -0.0503. The molecule has 0 unspecified atom stereocenters. The molecule has 0 amide bonds. The highest BCUT2D eigenvalue weighted by atomic mass is 79.9. The molecule has 1 aromatic rings. The second-order valence-corrected chi connectivity index (χ2v) is 2.95. The van der Waals surface area contributed by atoms with Crippen LogP contribution in [-0.4, -0.2) is 12.9 Å². The van der Waals surface area contributed by atoms with E-state index in [0.717, 1.165) is 0 Å². The van der Waals surface area contributed by atoms with E-state index in [1.165, 1.54) is 18.2 Å². The van der Waals surface area contributed by atoms with Crippen molar-refractivity contribution in [2.45, 2.75) is 6.61 Å². The third kappa shape index (κ3) is 2.48. The van der Waals surface area contributed by atoms with Crippen molar-refractivity contribution in [1.82, 2.24) is 0 Å². The maximum atomic E-state index is 11.8. The molecule has 0 fully saturated rings. The molecule has 0 aliphatic carbocycles. The van der Waals surface area contributed by atoms with Crippen LogP contribution in [0, 0.1) is 0 Å². The molecule has 0 bridgehead atoms. The summed E-state index contributed by atoms with van der Waals surface area (Å²) in [4.78, 5) is 10.4. The van der Waals surface area contributed by atoms with E-state index in [4.69, 9.17) is 0 Å². The first kappa shape index (κ1) is 10.1. The first-order valence-electron chi connectivity index (χ1n) is 3.33. The van der Waals surface area contributed by atoms with Gasteiger partial charge in [0.1, 0.15) is 5.75 Å². The molecule has 0 aliphatic rings. The number of aldehydes is 1. The molecule has 0 radical (unpaired) electrons. The summed E-state index contributed by atoms with van der Waals surface area (Å²) < 4.78 is 28.0. The average molecular weight is 251 g/mol. The Hall–Kier alpha value is -0.970. The fourth-order valence-corrected chi connectivity index (χ4v) is 1.26. The minimum atomic E-state index is -2.89. The first-order valence-corrected chi connectivity index (χ1v) is 4.13. The van der Waals surface area contributed by atoms with Gasteiger partial charge in [-0.2, -0.15) is 8.78 Å². The molecule has 0 spiro atoms. The molecule has 0 saturated heterocycles. The van der Waals surface area contributed by atoms with Gasteiger partial charge in [0.25, 0.3) is 0 Å². The lowest BCUT2D eigenvalue weighted by atomic mass is 10.2. The molecule has 70 valence electrons. The third-order valence-corrected chi connectivity index (χ3v) is 2.18. The summed E-state index contributed by atoms with van der Waals surface area (Å²) >= 11 is 2.98. The van der Waals surface area contributed by atoms with E-state index in [9.17, 15) is 13.6 Å². The van der Waals surface area contributed by atoms with Crippen molar-refractivity contribution < 1.29 is 18.3 Å². The molecule has 0 saturated carbocycles. The van der Waals surface area contributed by atoms with Crippen molar-refractivity contribution in [2.75, 3.05) is 0 Å². The maximum absolute atomic E-state index is 11.8. The second-order valence-electron chi connectivity index (χ2n) is 2.16. The number of rotatable bonds is 3. The Bertz CT molecular complexity index is 315. The van der Waals surface area contributed by atoms with E-state index in [-0.39, 0.29) is 15.8 Å². The van der Waals surface area contributed by atoms with Crippen LogP contribution in [0.1, 0.15) is 10.4 Å². The van der Waals surface area contributed by atoms with E-state index in [0.29, 0.717) is 6.29 Å². The quantitative estimate of drug-likeness (QED) is 0.772. The van der Waals surface area contributed by atoms with Crippen molar-refractivity contribution in [3.63, 3.8) is 0 Å². The van der Waals surface area contributed by atoms with Crippen molar-refractivity contribution in [3.05, 3.63) is 28.2 Å². The summed E-state index contributed by atoms with van der Waals surface area (Å²) in [6.07, 6.45) is 0.558. The fourth-order valence-electron chi connectivity index (χ4n) is 0.806. The summed E-state index contributed by atoms with van der Waals surface area (Å²) in [6.45, 7) is -2.89. The Kier molecular flexibility index (Phi) is 3.36. The van der Waals surface area contributed by atoms with Gasteiger partial charge in [-0.15, -0.1) is 0 Å². The first-order chi connectivity index (χ1) is 6.15. The van der Waals surface area contributed by atoms with Crippen molar-refractivity contribution in [3.8, 4) is 5.75 Å². The van der Waals surface area contributed by atoms with E-state index in [2.05, 4.69) is 20.7 Å². The van der Waals surface area contributed by atoms with Gasteiger partial charge in [0.2, 0.25) is 0 Å². The number of hydrogen-bond acceptors (Lipinski definition) is 2. The zero-order chi connectivity index (χ0) is 9.84. The number of halogens is 3. The number of hydrogen-bond donors (Lipinski definition) is 0. The van der Waals surface area contributed by atoms with E-state index < -0.39 is 6.61 Å². The molecule has 5 heteroatoms. The van der Waals surface area contributed by atoms with Crippen molar-refractivity contribution in [2.24, 2.45) is 0 Å². The third-order valence-electron chi connectivity index (χ3n) is 1.34. The minimum Gasteiger partial charge on any atom is -0.434 e. The van der Waals surface area contributed by atoms with Crippen LogP contribution >= 0.6 is 15.9 Å². The van der Waals surface area contributed by atoms with Gasteiger partial charge in [-0.1, -0.05) is 12.1 Å². The van der Waals surface area contributed by atoms with Gasteiger partial charge in [0.15, 0.2) is 6.29 Å². The maximum Gasteiger partial charge on any atom is 0.387 e. The molecule has 0 heterocycles. The van der Waals surface area contributed by atoms with Gasteiger partial charge in [0, 0.05) is 5.56 Å². The van der Waals surface area contributed by atoms with Crippen LogP contribution in [-0.2, 0) is 0 Å². The van der Waals surface area contributed by atoms with Crippen LogP contribution in [0.4, 0.5) is 8.78 Å². The van der Waals surface area contributed by atoms with Gasteiger partial charge in [-0.05, 0) is 22.0 Å². The molecule has 0 aliphatic heterocycles. The molecular weight excluding hydrogens is 246 g/mol. The molecule has 2 nitrogen and oxygen atoms in total. The molecule has 0 aromatic heterocycles. The summed E-state index contributed by atoms with van der Waals surface area (Å²) in [5.41, 5.74) is 0.276. The number of carbonyl (C=O) groups excluding carboxylic acids is 1. The van der Waals surface area contributed by atoms with E-state index in [1.807, 2.05) is 0 Å². The lowest BCUT2D eigenvalue weighted by Crippen LogP contribution is -2.03. The smallest absolute Gasteiger partial charge is 0.387 e. The number of benzene rings is 1. The molecule has 0 N–H and O–H groups in total. The Balaban J connectivity index is 3.01. The fraction of sp³-hybridized carbons (Fsp3) is 0.125. The highest BCUT2D eigenvalue weighted by molar-refractivity contribution is 9.10. The van der Waals surface area contributed by atoms with Gasteiger partial charge in [-0.25, -0.2) is 0 Å². The van der Waals surface area contributed by atoms with Gasteiger partial charge in [-0.3, -0.25) is 4.79 Å². The summed E-state index contributed by atoms with van der Waals surface area (Å²) in [5, 5.41) is 0. The lowest BCUT2D eigenvalue weighted by Gasteiger charge is -2.07. The summed E-state index contributed by atoms with van der Waals surface area (Å²) in [6, 6.07) is 4.31. The SMILES string of the molecule is O=Cc1cccc(OC(F)F)c1Br. The zero-order valence-electron chi connectivity index (χ0n) is 6.34. The van der Waals surface area contributed by atoms with Crippen molar-refractivity contribution in [1.29, 1.82) is 0 Å².